The molecule has 0 spiro atoms. The zero-order valence-corrected chi connectivity index (χ0v) is 31.6. The summed E-state index contributed by atoms with van der Waals surface area (Å²) in [4.78, 5) is 55.5. The van der Waals surface area contributed by atoms with Gasteiger partial charge in [-0.3, -0.25) is 14.8 Å². The van der Waals surface area contributed by atoms with Gasteiger partial charge >= 0.3 is 12.2 Å². The lowest BCUT2D eigenvalue weighted by atomic mass is 10.0. The van der Waals surface area contributed by atoms with Gasteiger partial charge in [0.15, 0.2) is 5.65 Å². The zero-order chi connectivity index (χ0) is 37.3. The van der Waals surface area contributed by atoms with Gasteiger partial charge in [-0.15, -0.1) is 0 Å². The van der Waals surface area contributed by atoms with E-state index in [4.69, 9.17) is 19.4 Å². The summed E-state index contributed by atoms with van der Waals surface area (Å²) in [5.41, 5.74) is 5.91. The minimum Gasteiger partial charge on any atom is -0.444 e. The van der Waals surface area contributed by atoms with E-state index >= 15 is 0 Å². The van der Waals surface area contributed by atoms with E-state index in [1.54, 1.807) is 11.1 Å². The monoisotopic (exact) mass is 718 g/mol. The van der Waals surface area contributed by atoms with E-state index in [1.807, 2.05) is 71.0 Å². The number of imidazole rings is 2. The molecule has 0 aliphatic carbocycles. The first-order chi connectivity index (χ1) is 25.3. The molecule has 0 bridgehead atoms. The van der Waals surface area contributed by atoms with Gasteiger partial charge in [-0.05, 0) is 90.5 Å². The Morgan fingerprint density at radius 3 is 1.92 bits per heavy atom. The topological polar surface area (TPSA) is 142 Å². The van der Waals surface area contributed by atoms with Crippen molar-refractivity contribution in [1.29, 1.82) is 0 Å². The normalized spacial score (nSPS) is 18.5. The predicted molar refractivity (Wildman–Crippen MR) is 204 cm³/mol. The van der Waals surface area contributed by atoms with Crippen molar-refractivity contribution in [3.8, 4) is 33.6 Å². The van der Waals surface area contributed by atoms with Gasteiger partial charge in [-0.2, -0.15) is 0 Å². The number of fused-ring (bicyclic) bond motifs is 1. The minimum atomic E-state index is -0.574. The van der Waals surface area contributed by atoms with Gasteiger partial charge in [0.05, 0.1) is 35.2 Å². The van der Waals surface area contributed by atoms with Crippen LogP contribution in [0.4, 0.5) is 9.59 Å². The maximum Gasteiger partial charge on any atom is 0.410 e. The first kappa shape index (κ1) is 36.1. The molecule has 0 saturated carbocycles. The summed E-state index contributed by atoms with van der Waals surface area (Å²) in [5, 5.41) is 0. The number of H-pyrrole nitrogens is 2. The molecule has 1 unspecified atom stereocenters. The van der Waals surface area contributed by atoms with E-state index in [9.17, 15) is 9.59 Å². The molecule has 2 fully saturated rings. The number of carbonyl (C=O) groups excluding carboxylic acids is 2. The van der Waals surface area contributed by atoms with E-state index in [1.165, 1.54) is 0 Å². The maximum atomic E-state index is 13.3. The number of hydrogen-bond donors (Lipinski definition) is 2. The lowest BCUT2D eigenvalue weighted by molar-refractivity contribution is 0.0120. The fraction of sp³-hybridized carbons (Fsp3) is 0.463. The van der Waals surface area contributed by atoms with E-state index in [2.05, 4.69) is 50.3 Å². The SMILES string of the molecule is CC(C)(C)OC(=O)N1CCCCCCC1c1nc2ncc(-c3ccc(-c4ccc(-c5cnc([C@@H]6CCCN6C(=O)OC(C)(C)C)[nH]5)cc4)cn3)cc2[nH]1. The smallest absolute Gasteiger partial charge is 0.410 e. The minimum absolute atomic E-state index is 0.130. The molecule has 4 aromatic heterocycles. The number of aromatic nitrogens is 6. The molecular weight excluding hydrogens is 669 g/mol. The quantitative estimate of drug-likeness (QED) is 0.183. The molecule has 2 atom stereocenters. The fourth-order valence-electron chi connectivity index (χ4n) is 7.15. The van der Waals surface area contributed by atoms with Gasteiger partial charge in [-0.1, -0.05) is 49.6 Å². The molecule has 2 N–H and O–H groups in total. The van der Waals surface area contributed by atoms with E-state index < -0.39 is 11.2 Å². The molecule has 2 amide bonds. The van der Waals surface area contributed by atoms with Crippen LogP contribution in [0.5, 0.6) is 0 Å². The summed E-state index contributed by atoms with van der Waals surface area (Å²) >= 11 is 0. The van der Waals surface area contributed by atoms with Gasteiger partial charge < -0.3 is 19.4 Å². The highest BCUT2D eigenvalue weighted by atomic mass is 16.6. The molecule has 2 aliphatic rings. The van der Waals surface area contributed by atoms with Crippen LogP contribution in [0.25, 0.3) is 44.8 Å². The van der Waals surface area contributed by atoms with Crippen LogP contribution in [-0.4, -0.2) is 76.2 Å². The number of likely N-dealkylation sites (tertiary alicyclic amines) is 2. The highest BCUT2D eigenvalue weighted by molar-refractivity contribution is 5.78. The van der Waals surface area contributed by atoms with Crippen LogP contribution in [0.15, 0.2) is 61.1 Å². The number of nitrogens with zero attached hydrogens (tertiary/aromatic N) is 6. The van der Waals surface area contributed by atoms with Crippen LogP contribution in [0.2, 0.25) is 0 Å². The molecule has 5 aromatic rings. The molecule has 6 heterocycles. The Morgan fingerprint density at radius 2 is 1.25 bits per heavy atom. The van der Waals surface area contributed by atoms with Gasteiger partial charge in [0, 0.05) is 36.6 Å². The van der Waals surface area contributed by atoms with Crippen molar-refractivity contribution in [2.75, 3.05) is 13.1 Å². The van der Waals surface area contributed by atoms with Crippen molar-refractivity contribution < 1.29 is 19.1 Å². The maximum absolute atomic E-state index is 13.3. The Bertz CT molecular complexity index is 2060. The Morgan fingerprint density at radius 1 is 0.642 bits per heavy atom. The van der Waals surface area contributed by atoms with Crippen LogP contribution in [0.3, 0.4) is 0 Å². The highest BCUT2D eigenvalue weighted by Gasteiger charge is 2.35. The first-order valence-electron chi connectivity index (χ1n) is 18.8. The number of carbonyl (C=O) groups is 2. The second-order valence-electron chi connectivity index (χ2n) is 16.1. The van der Waals surface area contributed by atoms with E-state index in [-0.39, 0.29) is 24.3 Å². The number of ether oxygens (including phenoxy) is 2. The fourth-order valence-corrected chi connectivity index (χ4v) is 7.15. The van der Waals surface area contributed by atoms with E-state index in [0.717, 1.165) is 95.8 Å². The molecule has 278 valence electrons. The van der Waals surface area contributed by atoms with Crippen LogP contribution >= 0.6 is 0 Å². The number of aromatic amines is 2. The Balaban J connectivity index is 1.04. The van der Waals surface area contributed by atoms with Gasteiger partial charge in [0.2, 0.25) is 0 Å². The van der Waals surface area contributed by atoms with Crippen molar-refractivity contribution in [3.05, 3.63) is 72.7 Å². The van der Waals surface area contributed by atoms with E-state index in [0.29, 0.717) is 18.7 Å². The third-order valence-corrected chi connectivity index (χ3v) is 9.68. The summed E-state index contributed by atoms with van der Waals surface area (Å²) in [6, 6.07) is 14.0. The molecule has 7 rings (SSSR count). The number of nitrogens with one attached hydrogen (secondary N) is 2. The van der Waals surface area contributed by atoms with Gasteiger partial charge in [0.1, 0.15) is 22.9 Å². The van der Waals surface area contributed by atoms with Gasteiger partial charge in [0.25, 0.3) is 0 Å². The third-order valence-electron chi connectivity index (χ3n) is 9.68. The predicted octanol–water partition coefficient (Wildman–Crippen LogP) is 9.39. The average Bonchev–Trinajstić information content (AvgIpc) is 3.86. The molecule has 2 saturated heterocycles. The number of pyridine rings is 2. The standard InChI is InChI=1S/C41H50N8O4/c1-40(2,3)52-38(50)48-20-10-8-7-9-12-34(48)37-45-31-22-29(24-43-35(31)47-37)30-19-18-28(23-42-30)26-14-16-27(17-15-26)32-25-44-36(46-32)33-13-11-21-49(33)39(51)53-41(4,5)6/h14-19,22-25,33-34H,7-13,20-21H2,1-6H3,(H,44,46)(H,43,45,47)/t33-,34?/m0/s1. The first-order valence-corrected chi connectivity index (χ1v) is 18.8. The van der Waals surface area contributed by atoms with Crippen molar-refractivity contribution in [2.45, 2.75) is 110 Å². The third kappa shape index (κ3) is 8.37. The van der Waals surface area contributed by atoms with Crippen LogP contribution in [0, 0.1) is 0 Å². The van der Waals surface area contributed by atoms with Gasteiger partial charge in [-0.25, -0.2) is 24.5 Å². The van der Waals surface area contributed by atoms with Crippen LogP contribution in [0.1, 0.15) is 110 Å². The zero-order valence-electron chi connectivity index (χ0n) is 31.6. The molecule has 0 radical (unpaired) electrons. The highest BCUT2D eigenvalue weighted by Crippen LogP contribution is 2.34. The summed E-state index contributed by atoms with van der Waals surface area (Å²) in [5.74, 6) is 1.51. The molecular formula is C41H50N8O4. The van der Waals surface area contributed by atoms with Crippen molar-refractivity contribution in [2.24, 2.45) is 0 Å². The molecule has 1 aromatic carbocycles. The average molecular weight is 719 g/mol. The van der Waals surface area contributed by atoms with Crippen molar-refractivity contribution in [1.82, 2.24) is 39.7 Å². The molecule has 12 heteroatoms. The van der Waals surface area contributed by atoms with Crippen molar-refractivity contribution >= 4 is 23.4 Å². The molecule has 53 heavy (non-hydrogen) atoms. The summed E-state index contributed by atoms with van der Waals surface area (Å²) in [7, 11) is 0. The number of benzene rings is 1. The largest absolute Gasteiger partial charge is 0.444 e. The number of hydrogen-bond acceptors (Lipinski definition) is 8. The summed E-state index contributed by atoms with van der Waals surface area (Å²) in [6.45, 7) is 12.6. The summed E-state index contributed by atoms with van der Waals surface area (Å²) < 4.78 is 11.4. The molecule has 2 aliphatic heterocycles. The molecule has 12 nitrogen and oxygen atoms in total. The van der Waals surface area contributed by atoms with Crippen LogP contribution < -0.4 is 0 Å². The Hall–Kier alpha value is -5.26. The second kappa shape index (κ2) is 14.6. The van der Waals surface area contributed by atoms with Crippen molar-refractivity contribution in [3.63, 3.8) is 0 Å². The lowest BCUT2D eigenvalue weighted by Gasteiger charge is -2.34. The Kier molecular flexibility index (Phi) is 9.97. The Labute approximate surface area is 310 Å². The second-order valence-corrected chi connectivity index (χ2v) is 16.1. The number of amides is 2. The number of rotatable bonds is 5. The van der Waals surface area contributed by atoms with Crippen LogP contribution in [-0.2, 0) is 9.47 Å². The lowest BCUT2D eigenvalue weighted by Crippen LogP contribution is -2.40. The summed E-state index contributed by atoms with van der Waals surface area (Å²) in [6.07, 6.45) is 11.6.